The van der Waals surface area contributed by atoms with Crippen molar-refractivity contribution in [1.82, 2.24) is 10.2 Å². The van der Waals surface area contributed by atoms with Gasteiger partial charge in [-0.05, 0) is 24.3 Å². The highest BCUT2D eigenvalue weighted by Gasteiger charge is 2.39. The Morgan fingerprint density at radius 3 is 2.44 bits per heavy atom. The first kappa shape index (κ1) is 25.2. The van der Waals surface area contributed by atoms with Gasteiger partial charge < -0.3 is 20.7 Å². The number of benzene rings is 1. The molecule has 1 saturated heterocycles. The number of halogens is 5. The molecule has 1 fully saturated rings. The molecule has 1 atom stereocenters. The minimum Gasteiger partial charge on any atom is -0.382 e. The van der Waals surface area contributed by atoms with Crippen LogP contribution in [-0.4, -0.2) is 67.0 Å². The number of ether oxygens (including phenoxy) is 1. The maximum atomic E-state index is 13.5. The van der Waals surface area contributed by atoms with Gasteiger partial charge in [0.2, 0.25) is 0 Å². The van der Waals surface area contributed by atoms with Crippen LogP contribution in [0.1, 0.15) is 24.9 Å². The molecule has 0 bridgehead atoms. The summed E-state index contributed by atoms with van der Waals surface area (Å²) in [7, 11) is 0. The van der Waals surface area contributed by atoms with Crippen molar-refractivity contribution in [2.45, 2.75) is 12.2 Å². The zero-order chi connectivity index (χ0) is 25.0. The number of amides is 3. The molecule has 1 aliphatic rings. The smallest absolute Gasteiger partial charge is 0.382 e. The highest BCUT2D eigenvalue weighted by Crippen LogP contribution is 2.20. The minimum absolute atomic E-state index is 0.0197. The van der Waals surface area contributed by atoms with E-state index in [0.29, 0.717) is 17.4 Å². The van der Waals surface area contributed by atoms with Crippen LogP contribution in [0, 0.1) is 11.6 Å². The van der Waals surface area contributed by atoms with Gasteiger partial charge in [0.05, 0.1) is 29.0 Å². The summed E-state index contributed by atoms with van der Waals surface area (Å²) >= 11 is 0.713. The lowest BCUT2D eigenvalue weighted by Crippen LogP contribution is -2.53. The fraction of sp³-hybridized carbons (Fsp3) is 0.300. The molecule has 14 heteroatoms. The number of amidine groups is 1. The Balaban J connectivity index is 1.66. The van der Waals surface area contributed by atoms with Crippen molar-refractivity contribution in [1.29, 1.82) is 0 Å². The van der Waals surface area contributed by atoms with Crippen LogP contribution in [-0.2, 0) is 9.53 Å². The number of carbonyl (C=O) groups excluding carboxylic acids is 3. The summed E-state index contributed by atoms with van der Waals surface area (Å²) in [5, 5.41) is 2.57. The quantitative estimate of drug-likeness (QED) is 0.368. The van der Waals surface area contributed by atoms with Gasteiger partial charge in [-0.2, -0.15) is 18.2 Å². The first-order valence-corrected chi connectivity index (χ1v) is 10.5. The van der Waals surface area contributed by atoms with Crippen LogP contribution in [0.5, 0.6) is 0 Å². The molecule has 0 aliphatic carbocycles. The lowest BCUT2D eigenvalue weighted by Gasteiger charge is -2.35. The standard InChI is InChI=1S/C20H17F5N4O4S/c21-11-5-10(6-12(22)7-11)18(31)29-3-4-33-9-13(29)8-27-17(30)15-2-1-14(34-15)16(26)28-19(32)20(23,24)25/h1-2,5-7,13H,3-4,8-9H2,(H,27,30)(H2,26,28,32). The minimum atomic E-state index is -5.18. The van der Waals surface area contributed by atoms with E-state index in [1.807, 2.05) is 0 Å². The Hall–Kier alpha value is -3.39. The van der Waals surface area contributed by atoms with E-state index in [1.165, 1.54) is 17.0 Å². The zero-order valence-electron chi connectivity index (χ0n) is 17.2. The zero-order valence-corrected chi connectivity index (χ0v) is 18.0. The second-order valence-electron chi connectivity index (χ2n) is 7.06. The van der Waals surface area contributed by atoms with Gasteiger partial charge in [0.25, 0.3) is 11.8 Å². The van der Waals surface area contributed by atoms with E-state index in [2.05, 4.69) is 10.3 Å². The van der Waals surface area contributed by atoms with E-state index in [1.54, 1.807) is 0 Å². The highest BCUT2D eigenvalue weighted by atomic mass is 32.1. The molecular weight excluding hydrogens is 487 g/mol. The van der Waals surface area contributed by atoms with Gasteiger partial charge in [-0.15, -0.1) is 11.3 Å². The summed E-state index contributed by atoms with van der Waals surface area (Å²) in [5.41, 5.74) is 5.23. The number of thiophene rings is 1. The predicted octanol–water partition coefficient (Wildman–Crippen LogP) is 2.09. The van der Waals surface area contributed by atoms with E-state index in [-0.39, 0.29) is 41.6 Å². The number of carbonyl (C=O) groups is 3. The number of rotatable bonds is 5. The molecule has 1 aromatic heterocycles. The number of nitrogens with zero attached hydrogens (tertiary/aromatic N) is 2. The molecule has 0 radical (unpaired) electrons. The maximum Gasteiger partial charge on any atom is 0.473 e. The number of morpholine rings is 1. The van der Waals surface area contributed by atoms with Gasteiger partial charge in [0.1, 0.15) is 17.5 Å². The summed E-state index contributed by atoms with van der Waals surface area (Å²) in [6, 6.07) is 4.32. The molecule has 34 heavy (non-hydrogen) atoms. The second kappa shape index (κ2) is 10.3. The molecule has 2 aromatic rings. The SMILES string of the molecule is NC(=NC(=O)C(F)(F)F)c1ccc(C(=O)NCC2COCCN2C(=O)c2cc(F)cc(F)c2)s1. The van der Waals surface area contributed by atoms with Gasteiger partial charge in [-0.25, -0.2) is 8.78 Å². The molecule has 1 unspecified atom stereocenters. The fourth-order valence-corrected chi connectivity index (χ4v) is 3.88. The van der Waals surface area contributed by atoms with Crippen molar-refractivity contribution >= 4 is 34.9 Å². The molecule has 1 aliphatic heterocycles. The number of aliphatic imine (C=N–C) groups is 1. The van der Waals surface area contributed by atoms with Crippen molar-refractivity contribution < 1.29 is 41.1 Å². The molecule has 0 spiro atoms. The third-order valence-corrected chi connectivity index (χ3v) is 5.75. The van der Waals surface area contributed by atoms with E-state index in [4.69, 9.17) is 10.5 Å². The molecule has 0 saturated carbocycles. The Bertz CT molecular complexity index is 1110. The molecule has 8 nitrogen and oxygen atoms in total. The molecule has 3 rings (SSSR count). The van der Waals surface area contributed by atoms with Crippen molar-refractivity contribution in [2.75, 3.05) is 26.3 Å². The summed E-state index contributed by atoms with van der Waals surface area (Å²) in [6.45, 7) is 0.294. The normalized spacial score (nSPS) is 16.9. The predicted molar refractivity (Wildman–Crippen MR) is 110 cm³/mol. The van der Waals surface area contributed by atoms with Gasteiger partial charge in [0.15, 0.2) is 0 Å². The molecule has 3 amide bonds. The topological polar surface area (TPSA) is 114 Å². The number of hydrogen-bond acceptors (Lipinski definition) is 5. The lowest BCUT2D eigenvalue weighted by atomic mass is 10.1. The van der Waals surface area contributed by atoms with Crippen LogP contribution < -0.4 is 11.1 Å². The Morgan fingerprint density at radius 1 is 1.15 bits per heavy atom. The van der Waals surface area contributed by atoms with Crippen LogP contribution in [0.15, 0.2) is 35.3 Å². The van der Waals surface area contributed by atoms with Crippen LogP contribution in [0.4, 0.5) is 22.0 Å². The Labute approximate surface area is 193 Å². The van der Waals surface area contributed by atoms with Crippen molar-refractivity contribution in [3.8, 4) is 0 Å². The van der Waals surface area contributed by atoms with Crippen LogP contribution in [0.3, 0.4) is 0 Å². The number of nitrogens with one attached hydrogen (secondary N) is 1. The fourth-order valence-electron chi connectivity index (χ4n) is 3.06. The molecule has 2 heterocycles. The molecular formula is C20H17F5N4O4S. The summed E-state index contributed by atoms with van der Waals surface area (Å²) in [4.78, 5) is 40.3. The first-order valence-electron chi connectivity index (χ1n) is 9.64. The molecule has 3 N–H and O–H groups in total. The Morgan fingerprint density at radius 2 is 1.79 bits per heavy atom. The maximum absolute atomic E-state index is 13.5. The number of alkyl halides is 3. The number of nitrogens with two attached hydrogens (primary N) is 1. The van der Waals surface area contributed by atoms with Crippen LogP contribution in [0.25, 0.3) is 0 Å². The molecule has 182 valence electrons. The average molecular weight is 504 g/mol. The van der Waals surface area contributed by atoms with Crippen molar-refractivity contribution in [3.63, 3.8) is 0 Å². The average Bonchev–Trinajstić information content (AvgIpc) is 3.26. The van der Waals surface area contributed by atoms with Crippen molar-refractivity contribution in [2.24, 2.45) is 10.7 Å². The van der Waals surface area contributed by atoms with E-state index >= 15 is 0 Å². The van der Waals surface area contributed by atoms with E-state index in [0.717, 1.165) is 12.1 Å². The van der Waals surface area contributed by atoms with E-state index < -0.39 is 47.4 Å². The molecule has 1 aromatic carbocycles. The third kappa shape index (κ3) is 6.14. The van der Waals surface area contributed by atoms with Crippen LogP contribution in [0.2, 0.25) is 0 Å². The van der Waals surface area contributed by atoms with Gasteiger partial charge >= 0.3 is 12.1 Å². The monoisotopic (exact) mass is 504 g/mol. The van der Waals surface area contributed by atoms with E-state index in [9.17, 15) is 36.3 Å². The van der Waals surface area contributed by atoms with Gasteiger partial charge in [-0.1, -0.05) is 0 Å². The summed E-state index contributed by atoms with van der Waals surface area (Å²) in [6.07, 6.45) is -5.18. The first-order chi connectivity index (χ1) is 16.0. The van der Waals surface area contributed by atoms with Crippen molar-refractivity contribution in [3.05, 3.63) is 57.3 Å². The largest absolute Gasteiger partial charge is 0.473 e. The summed E-state index contributed by atoms with van der Waals surface area (Å²) < 4.78 is 69.3. The van der Waals surface area contributed by atoms with Crippen LogP contribution >= 0.6 is 11.3 Å². The van der Waals surface area contributed by atoms with Gasteiger partial charge in [-0.3, -0.25) is 14.4 Å². The lowest BCUT2D eigenvalue weighted by molar-refractivity contribution is -0.169. The second-order valence-corrected chi connectivity index (χ2v) is 8.14. The van der Waals surface area contributed by atoms with Gasteiger partial charge in [0, 0.05) is 24.7 Å². The number of hydrogen-bond donors (Lipinski definition) is 2. The summed E-state index contributed by atoms with van der Waals surface area (Å²) in [5.74, 6) is -6.14. The highest BCUT2D eigenvalue weighted by molar-refractivity contribution is 7.16. The third-order valence-electron chi connectivity index (χ3n) is 4.64. The Kier molecular flexibility index (Phi) is 7.61.